The van der Waals surface area contributed by atoms with Gasteiger partial charge < -0.3 is 9.80 Å². The number of carbonyl (C=O) groups is 2. The second kappa shape index (κ2) is 6.34. The Morgan fingerprint density at radius 2 is 2.09 bits per heavy atom. The lowest BCUT2D eigenvalue weighted by atomic mass is 10.0. The highest BCUT2D eigenvalue weighted by Crippen LogP contribution is 2.26. The average molecular weight is 314 g/mol. The molecule has 2 atom stereocenters. The zero-order valence-corrected chi connectivity index (χ0v) is 14.3. The molecule has 0 saturated carbocycles. The van der Waals surface area contributed by atoms with Crippen molar-refractivity contribution in [1.82, 2.24) is 9.80 Å². The second-order valence-electron chi connectivity index (χ2n) is 6.98. The molecule has 1 aromatic carbocycles. The van der Waals surface area contributed by atoms with Crippen LogP contribution in [0.1, 0.15) is 42.9 Å². The van der Waals surface area contributed by atoms with Crippen molar-refractivity contribution in [1.29, 1.82) is 0 Å². The molecular formula is C19H26N2O2. The van der Waals surface area contributed by atoms with Crippen LogP contribution in [0.5, 0.6) is 0 Å². The fraction of sp³-hybridized carbons (Fsp3) is 0.579. The van der Waals surface area contributed by atoms with Crippen LogP contribution in [0.25, 0.3) is 0 Å². The molecule has 2 fully saturated rings. The molecule has 2 aliphatic heterocycles. The van der Waals surface area contributed by atoms with Gasteiger partial charge in [0.05, 0.1) is 0 Å². The Balaban J connectivity index is 1.64. The first-order valence-corrected chi connectivity index (χ1v) is 8.63. The number of rotatable bonds is 3. The SMILES string of the molecule is Cc1ccc(CCC(=O)N2C[C@H]3CCCN3C(=O)[C@H]2C)c(C)c1. The molecule has 4 heteroatoms. The number of fused-ring (bicyclic) bond motifs is 1. The van der Waals surface area contributed by atoms with Crippen LogP contribution in [0.2, 0.25) is 0 Å². The molecule has 4 nitrogen and oxygen atoms in total. The standard InChI is InChI=1S/C19H26N2O2/c1-13-6-7-16(14(2)11-13)8-9-18(22)21-12-17-5-4-10-20(17)19(23)15(21)3/h6-7,11,15,17H,4-5,8-10,12H2,1-3H3/t15-,17-/m1/s1. The summed E-state index contributed by atoms with van der Waals surface area (Å²) < 4.78 is 0. The van der Waals surface area contributed by atoms with Gasteiger partial charge in [0.15, 0.2) is 0 Å². The summed E-state index contributed by atoms with van der Waals surface area (Å²) >= 11 is 0. The van der Waals surface area contributed by atoms with E-state index < -0.39 is 0 Å². The number of hydrogen-bond donors (Lipinski definition) is 0. The lowest BCUT2D eigenvalue weighted by Gasteiger charge is -2.41. The summed E-state index contributed by atoms with van der Waals surface area (Å²) in [7, 11) is 0. The van der Waals surface area contributed by atoms with Gasteiger partial charge in [0.25, 0.3) is 0 Å². The maximum atomic E-state index is 12.6. The third kappa shape index (κ3) is 3.12. The molecule has 0 spiro atoms. The highest BCUT2D eigenvalue weighted by atomic mass is 16.2. The van der Waals surface area contributed by atoms with Crippen LogP contribution in [0.15, 0.2) is 18.2 Å². The van der Waals surface area contributed by atoms with Gasteiger partial charge in [0.2, 0.25) is 11.8 Å². The number of benzene rings is 1. The number of piperazine rings is 1. The van der Waals surface area contributed by atoms with Crippen molar-refractivity contribution < 1.29 is 9.59 Å². The Morgan fingerprint density at radius 1 is 1.30 bits per heavy atom. The molecule has 3 rings (SSSR count). The molecule has 23 heavy (non-hydrogen) atoms. The van der Waals surface area contributed by atoms with Gasteiger partial charge in [-0.15, -0.1) is 0 Å². The number of nitrogens with zero attached hydrogens (tertiary/aromatic N) is 2. The second-order valence-corrected chi connectivity index (χ2v) is 6.98. The summed E-state index contributed by atoms with van der Waals surface area (Å²) in [6.07, 6.45) is 3.32. The largest absolute Gasteiger partial charge is 0.336 e. The summed E-state index contributed by atoms with van der Waals surface area (Å²) in [6, 6.07) is 6.29. The quantitative estimate of drug-likeness (QED) is 0.860. The molecule has 0 radical (unpaired) electrons. The van der Waals surface area contributed by atoms with Crippen LogP contribution in [0, 0.1) is 13.8 Å². The highest BCUT2D eigenvalue weighted by molar-refractivity contribution is 5.89. The van der Waals surface area contributed by atoms with Crippen LogP contribution in [-0.4, -0.2) is 46.8 Å². The molecule has 0 aromatic heterocycles. The number of amides is 2. The molecule has 2 aliphatic rings. The van der Waals surface area contributed by atoms with E-state index in [9.17, 15) is 9.59 Å². The van der Waals surface area contributed by atoms with E-state index in [4.69, 9.17) is 0 Å². The molecular weight excluding hydrogens is 288 g/mol. The maximum Gasteiger partial charge on any atom is 0.245 e. The molecule has 0 N–H and O–H groups in total. The van der Waals surface area contributed by atoms with E-state index in [0.29, 0.717) is 13.0 Å². The van der Waals surface area contributed by atoms with Crippen molar-refractivity contribution in [2.75, 3.05) is 13.1 Å². The van der Waals surface area contributed by atoms with Gasteiger partial charge in [0.1, 0.15) is 6.04 Å². The Kier molecular flexibility index (Phi) is 4.42. The first-order valence-electron chi connectivity index (χ1n) is 8.63. The molecule has 2 heterocycles. The average Bonchev–Trinajstić information content (AvgIpc) is 2.98. The topological polar surface area (TPSA) is 40.6 Å². The highest BCUT2D eigenvalue weighted by Gasteiger charge is 2.41. The van der Waals surface area contributed by atoms with Gasteiger partial charge >= 0.3 is 0 Å². The summed E-state index contributed by atoms with van der Waals surface area (Å²) in [5.41, 5.74) is 3.71. The minimum atomic E-state index is -0.309. The van der Waals surface area contributed by atoms with Crippen molar-refractivity contribution in [3.8, 4) is 0 Å². The van der Waals surface area contributed by atoms with E-state index in [1.165, 1.54) is 16.7 Å². The van der Waals surface area contributed by atoms with E-state index in [-0.39, 0.29) is 23.9 Å². The van der Waals surface area contributed by atoms with Crippen LogP contribution in [-0.2, 0) is 16.0 Å². The molecule has 0 bridgehead atoms. The Labute approximate surface area is 138 Å². The number of aryl methyl sites for hydroxylation is 3. The van der Waals surface area contributed by atoms with Gasteiger partial charge in [0, 0.05) is 25.6 Å². The number of carbonyl (C=O) groups excluding carboxylic acids is 2. The lowest BCUT2D eigenvalue weighted by Crippen LogP contribution is -2.60. The monoisotopic (exact) mass is 314 g/mol. The number of hydrogen-bond acceptors (Lipinski definition) is 2. The van der Waals surface area contributed by atoms with Gasteiger partial charge in [-0.05, 0) is 51.2 Å². The van der Waals surface area contributed by atoms with E-state index in [0.717, 1.165) is 25.8 Å². The van der Waals surface area contributed by atoms with Crippen molar-refractivity contribution >= 4 is 11.8 Å². The summed E-state index contributed by atoms with van der Waals surface area (Å²) in [6.45, 7) is 7.61. The van der Waals surface area contributed by atoms with Crippen LogP contribution >= 0.6 is 0 Å². The fourth-order valence-corrected chi connectivity index (χ4v) is 3.90. The Bertz CT molecular complexity index is 626. The molecule has 1 aromatic rings. The van der Waals surface area contributed by atoms with Gasteiger partial charge in [-0.3, -0.25) is 9.59 Å². The van der Waals surface area contributed by atoms with Crippen LogP contribution in [0.4, 0.5) is 0 Å². The third-order valence-corrected chi connectivity index (χ3v) is 5.32. The van der Waals surface area contributed by atoms with Crippen molar-refractivity contribution in [3.63, 3.8) is 0 Å². The van der Waals surface area contributed by atoms with Gasteiger partial charge in [-0.1, -0.05) is 23.8 Å². The van der Waals surface area contributed by atoms with Crippen molar-refractivity contribution in [2.45, 2.75) is 58.5 Å². The van der Waals surface area contributed by atoms with E-state index in [1.54, 1.807) is 4.90 Å². The zero-order chi connectivity index (χ0) is 16.6. The first kappa shape index (κ1) is 16.0. The third-order valence-electron chi connectivity index (χ3n) is 5.32. The van der Waals surface area contributed by atoms with Gasteiger partial charge in [-0.2, -0.15) is 0 Å². The molecule has 124 valence electrons. The minimum absolute atomic E-state index is 0.109. The van der Waals surface area contributed by atoms with Crippen molar-refractivity contribution in [2.24, 2.45) is 0 Å². The minimum Gasteiger partial charge on any atom is -0.336 e. The van der Waals surface area contributed by atoms with E-state index in [1.807, 2.05) is 11.8 Å². The molecule has 0 aliphatic carbocycles. The first-order chi connectivity index (χ1) is 11.0. The smallest absolute Gasteiger partial charge is 0.245 e. The summed E-state index contributed by atoms with van der Waals surface area (Å²) in [5, 5.41) is 0. The van der Waals surface area contributed by atoms with Crippen LogP contribution in [0.3, 0.4) is 0 Å². The van der Waals surface area contributed by atoms with E-state index >= 15 is 0 Å². The van der Waals surface area contributed by atoms with Crippen LogP contribution < -0.4 is 0 Å². The lowest BCUT2D eigenvalue weighted by molar-refractivity contribution is -0.152. The van der Waals surface area contributed by atoms with Crippen molar-refractivity contribution in [3.05, 3.63) is 34.9 Å². The molecule has 2 amide bonds. The molecule has 2 saturated heterocycles. The summed E-state index contributed by atoms with van der Waals surface area (Å²) in [4.78, 5) is 28.8. The predicted molar refractivity (Wildman–Crippen MR) is 90.1 cm³/mol. The zero-order valence-electron chi connectivity index (χ0n) is 14.3. The fourth-order valence-electron chi connectivity index (χ4n) is 3.90. The Hall–Kier alpha value is -1.84. The normalized spacial score (nSPS) is 24.0. The maximum absolute atomic E-state index is 12.6. The predicted octanol–water partition coefficient (Wildman–Crippen LogP) is 2.46. The van der Waals surface area contributed by atoms with E-state index in [2.05, 4.69) is 32.0 Å². The molecule has 0 unspecified atom stereocenters. The van der Waals surface area contributed by atoms with Gasteiger partial charge in [-0.25, -0.2) is 0 Å². The Morgan fingerprint density at radius 3 is 2.83 bits per heavy atom. The summed E-state index contributed by atoms with van der Waals surface area (Å²) in [5.74, 6) is 0.232.